The highest BCUT2D eigenvalue weighted by Gasteiger charge is 2.51. The van der Waals surface area contributed by atoms with E-state index in [4.69, 9.17) is 0 Å². The van der Waals surface area contributed by atoms with E-state index < -0.39 is 16.8 Å². The molecule has 20 heavy (non-hydrogen) atoms. The molecule has 2 aliphatic rings. The maximum Gasteiger partial charge on any atom is 0.310 e. The van der Waals surface area contributed by atoms with Gasteiger partial charge in [-0.1, -0.05) is 0 Å². The summed E-state index contributed by atoms with van der Waals surface area (Å²) in [5.41, 5.74) is 0.244. The largest absolute Gasteiger partial charge is 0.481 e. The minimum atomic E-state index is -0.814. The summed E-state index contributed by atoms with van der Waals surface area (Å²) in [7, 11) is 0. The Bertz CT molecular complexity index is 562. The van der Waals surface area contributed by atoms with Crippen LogP contribution in [0.15, 0.2) is 18.5 Å². The maximum atomic E-state index is 11.4. The van der Waals surface area contributed by atoms with Crippen LogP contribution < -0.4 is 5.32 Å². The Morgan fingerprint density at radius 3 is 2.90 bits per heavy atom. The monoisotopic (exact) mass is 277 g/mol. The van der Waals surface area contributed by atoms with Gasteiger partial charge in [0.2, 0.25) is 0 Å². The molecule has 1 aromatic heterocycles. The van der Waals surface area contributed by atoms with Crippen molar-refractivity contribution >= 4 is 17.3 Å². The van der Waals surface area contributed by atoms with Gasteiger partial charge >= 0.3 is 11.7 Å². The van der Waals surface area contributed by atoms with Gasteiger partial charge in [0, 0.05) is 12.2 Å². The molecule has 0 amide bonds. The number of hydrogen-bond acceptors (Lipinski definition) is 5. The molecule has 0 aromatic carbocycles. The summed E-state index contributed by atoms with van der Waals surface area (Å²) in [6.07, 6.45) is 5.49. The zero-order valence-electron chi connectivity index (χ0n) is 10.7. The Labute approximate surface area is 115 Å². The highest BCUT2D eigenvalue weighted by molar-refractivity contribution is 5.74. The fourth-order valence-electron chi connectivity index (χ4n) is 3.69. The van der Waals surface area contributed by atoms with Gasteiger partial charge in [-0.15, -0.1) is 0 Å². The molecule has 0 saturated heterocycles. The summed E-state index contributed by atoms with van der Waals surface area (Å²) in [4.78, 5) is 25.6. The van der Waals surface area contributed by atoms with Crippen molar-refractivity contribution in [3.8, 4) is 0 Å². The van der Waals surface area contributed by atoms with E-state index in [-0.39, 0.29) is 23.6 Å². The third kappa shape index (κ3) is 1.99. The smallest absolute Gasteiger partial charge is 0.310 e. The normalized spacial score (nSPS) is 31.2. The summed E-state index contributed by atoms with van der Waals surface area (Å²) in [6, 6.07) is 1.30. The Kier molecular flexibility index (Phi) is 3.04. The van der Waals surface area contributed by atoms with Gasteiger partial charge in [0.25, 0.3) is 0 Å². The highest BCUT2D eigenvalue weighted by Crippen LogP contribution is 2.50. The summed E-state index contributed by atoms with van der Waals surface area (Å²) in [5, 5.41) is 23.4. The lowest BCUT2D eigenvalue weighted by Crippen LogP contribution is -2.39. The van der Waals surface area contributed by atoms with Crippen LogP contribution in [0.4, 0.5) is 11.4 Å². The van der Waals surface area contributed by atoms with E-state index in [2.05, 4.69) is 10.3 Å². The summed E-state index contributed by atoms with van der Waals surface area (Å²) in [5.74, 6) is -0.794. The van der Waals surface area contributed by atoms with Crippen molar-refractivity contribution in [3.63, 3.8) is 0 Å². The van der Waals surface area contributed by atoms with Crippen LogP contribution in [0, 0.1) is 27.9 Å². The Balaban J connectivity index is 1.87. The van der Waals surface area contributed by atoms with Gasteiger partial charge in [-0.05, 0) is 37.2 Å². The Morgan fingerprint density at radius 2 is 2.20 bits per heavy atom. The number of carboxylic acid groups (broad SMARTS) is 1. The van der Waals surface area contributed by atoms with E-state index in [1.807, 2.05) is 0 Å². The van der Waals surface area contributed by atoms with E-state index in [0.717, 1.165) is 19.3 Å². The molecule has 2 N–H and O–H groups in total. The molecule has 0 radical (unpaired) electrons. The second-order valence-corrected chi connectivity index (χ2v) is 5.52. The average Bonchev–Trinajstić information content (AvgIpc) is 2.99. The number of anilines is 1. The van der Waals surface area contributed by atoms with Crippen molar-refractivity contribution < 1.29 is 14.8 Å². The first-order chi connectivity index (χ1) is 9.58. The molecule has 1 heterocycles. The van der Waals surface area contributed by atoms with Crippen LogP contribution in [-0.4, -0.2) is 27.0 Å². The van der Waals surface area contributed by atoms with Gasteiger partial charge < -0.3 is 10.4 Å². The first-order valence-corrected chi connectivity index (χ1v) is 6.65. The molecule has 1 aromatic rings. The molecule has 2 aliphatic carbocycles. The third-order valence-electron chi connectivity index (χ3n) is 4.52. The number of aromatic nitrogens is 1. The molecule has 4 atom stereocenters. The molecular weight excluding hydrogens is 262 g/mol. The van der Waals surface area contributed by atoms with Crippen molar-refractivity contribution in [2.45, 2.75) is 25.3 Å². The van der Waals surface area contributed by atoms with E-state index in [0.29, 0.717) is 5.69 Å². The van der Waals surface area contributed by atoms with Crippen LogP contribution in [0.2, 0.25) is 0 Å². The lowest BCUT2D eigenvalue weighted by Gasteiger charge is -2.29. The van der Waals surface area contributed by atoms with E-state index in [9.17, 15) is 20.0 Å². The van der Waals surface area contributed by atoms with Crippen LogP contribution in [0.25, 0.3) is 0 Å². The van der Waals surface area contributed by atoms with E-state index in [1.54, 1.807) is 0 Å². The van der Waals surface area contributed by atoms with E-state index in [1.165, 1.54) is 18.5 Å². The van der Waals surface area contributed by atoms with Crippen molar-refractivity contribution in [1.29, 1.82) is 0 Å². The van der Waals surface area contributed by atoms with Gasteiger partial charge in [-0.25, -0.2) is 0 Å². The summed E-state index contributed by atoms with van der Waals surface area (Å²) >= 11 is 0. The molecule has 7 heteroatoms. The number of aliphatic carboxylic acids is 1. The molecule has 2 saturated carbocycles. The van der Waals surface area contributed by atoms with Crippen molar-refractivity contribution in [2.75, 3.05) is 5.32 Å². The predicted octanol–water partition coefficient (Wildman–Crippen LogP) is 1.90. The number of nitrogens with one attached hydrogen (secondary N) is 1. The number of carboxylic acids is 1. The van der Waals surface area contributed by atoms with Crippen molar-refractivity contribution in [2.24, 2.45) is 17.8 Å². The number of nitro groups is 1. The summed E-state index contributed by atoms with van der Waals surface area (Å²) < 4.78 is 0. The van der Waals surface area contributed by atoms with E-state index >= 15 is 0 Å². The zero-order valence-corrected chi connectivity index (χ0v) is 10.7. The Hall–Kier alpha value is -2.18. The standard InChI is InChI=1S/C13H15N3O4/c17-13(18)11-7-1-2-8(5-7)12(11)15-9-3-4-14-6-10(9)16(19)20/h3-4,6-8,11-12H,1-2,5H2,(H,14,15)(H,17,18). The molecule has 2 fully saturated rings. The van der Waals surface area contributed by atoms with Gasteiger partial charge in [-0.3, -0.25) is 19.9 Å². The molecule has 106 valence electrons. The van der Waals surface area contributed by atoms with Crippen molar-refractivity contribution in [1.82, 2.24) is 4.98 Å². The van der Waals surface area contributed by atoms with Gasteiger partial charge in [-0.2, -0.15) is 0 Å². The first-order valence-electron chi connectivity index (χ1n) is 6.65. The molecule has 7 nitrogen and oxygen atoms in total. The molecule has 0 spiro atoms. The number of pyridine rings is 1. The minimum absolute atomic E-state index is 0.112. The lowest BCUT2D eigenvalue weighted by molar-refractivity contribution is -0.384. The Morgan fingerprint density at radius 1 is 1.45 bits per heavy atom. The number of rotatable bonds is 4. The van der Waals surface area contributed by atoms with Crippen molar-refractivity contribution in [3.05, 3.63) is 28.6 Å². The SMILES string of the molecule is O=C(O)C1C2CCC(C2)C1Nc1ccncc1[N+](=O)[O-]. The fraction of sp³-hybridized carbons (Fsp3) is 0.538. The minimum Gasteiger partial charge on any atom is -0.481 e. The quantitative estimate of drug-likeness (QED) is 0.643. The second-order valence-electron chi connectivity index (χ2n) is 5.52. The molecule has 2 bridgehead atoms. The zero-order chi connectivity index (χ0) is 14.3. The highest BCUT2D eigenvalue weighted by atomic mass is 16.6. The average molecular weight is 277 g/mol. The van der Waals surface area contributed by atoms with Gasteiger partial charge in [0.1, 0.15) is 11.9 Å². The number of nitrogens with zero attached hydrogens (tertiary/aromatic N) is 2. The third-order valence-corrected chi connectivity index (χ3v) is 4.52. The number of hydrogen-bond donors (Lipinski definition) is 2. The first kappa shape index (κ1) is 12.8. The fourth-order valence-corrected chi connectivity index (χ4v) is 3.69. The molecule has 0 aliphatic heterocycles. The topological polar surface area (TPSA) is 105 Å². The number of fused-ring (bicyclic) bond motifs is 2. The van der Waals surface area contributed by atoms with Crippen LogP contribution in [-0.2, 0) is 4.79 Å². The van der Waals surface area contributed by atoms with Crippen LogP contribution >= 0.6 is 0 Å². The van der Waals surface area contributed by atoms with Gasteiger partial charge in [0.05, 0.1) is 10.8 Å². The molecular formula is C13H15N3O4. The predicted molar refractivity (Wildman–Crippen MR) is 70.3 cm³/mol. The maximum absolute atomic E-state index is 11.4. The summed E-state index contributed by atoms with van der Waals surface area (Å²) in [6.45, 7) is 0. The molecule has 3 rings (SSSR count). The lowest BCUT2D eigenvalue weighted by atomic mass is 9.84. The van der Waals surface area contributed by atoms with Crippen LogP contribution in [0.5, 0.6) is 0 Å². The van der Waals surface area contributed by atoms with Crippen LogP contribution in [0.1, 0.15) is 19.3 Å². The number of carbonyl (C=O) groups is 1. The van der Waals surface area contributed by atoms with Gasteiger partial charge in [0.15, 0.2) is 0 Å². The molecule has 4 unspecified atom stereocenters. The van der Waals surface area contributed by atoms with Crippen LogP contribution in [0.3, 0.4) is 0 Å². The second kappa shape index (κ2) is 4.73.